The van der Waals surface area contributed by atoms with Crippen molar-refractivity contribution < 1.29 is 4.79 Å². The van der Waals surface area contributed by atoms with Crippen LogP contribution < -0.4 is 0 Å². The van der Waals surface area contributed by atoms with Crippen molar-refractivity contribution >= 4 is 33.5 Å². The zero-order chi connectivity index (χ0) is 17.9. The third-order valence-electron chi connectivity index (χ3n) is 4.99. The number of aromatic nitrogens is 1. The second-order valence-electron chi connectivity index (χ2n) is 6.83. The number of likely N-dealkylation sites (tertiary alicyclic amines) is 1. The summed E-state index contributed by atoms with van der Waals surface area (Å²) in [6, 6.07) is 16.4. The Balaban J connectivity index is 1.47. The molecule has 0 N–H and O–H groups in total. The minimum atomic E-state index is 0.0964. The number of carbonyl (C=O) groups excluding carboxylic acids is 1. The van der Waals surface area contributed by atoms with Crippen LogP contribution in [0.3, 0.4) is 0 Å². The summed E-state index contributed by atoms with van der Waals surface area (Å²) in [6.45, 7) is 3.66. The van der Waals surface area contributed by atoms with Crippen molar-refractivity contribution in [3.05, 3.63) is 70.7 Å². The zero-order valence-corrected chi connectivity index (χ0v) is 15.7. The standard InChI is InChI=1S/C22H22N2OS/c1-16-7-2-3-8-17(16)12-13-21(25)24-14-6-9-18(15-24)22-23-19-10-4-5-11-20(19)26-22/h2-5,7-8,10-13,18H,6,9,14-15H2,1H3/b13-12+/t18-/m1/s1. The average molecular weight is 362 g/mol. The highest BCUT2D eigenvalue weighted by molar-refractivity contribution is 7.18. The first-order valence-electron chi connectivity index (χ1n) is 9.09. The van der Waals surface area contributed by atoms with Crippen molar-refractivity contribution in [2.24, 2.45) is 0 Å². The molecule has 1 atom stereocenters. The second kappa shape index (κ2) is 7.42. The highest BCUT2D eigenvalue weighted by Gasteiger charge is 2.26. The number of hydrogen-bond acceptors (Lipinski definition) is 3. The van der Waals surface area contributed by atoms with Gasteiger partial charge in [0.25, 0.3) is 0 Å². The fourth-order valence-electron chi connectivity index (χ4n) is 3.48. The molecule has 0 unspecified atom stereocenters. The van der Waals surface area contributed by atoms with E-state index in [-0.39, 0.29) is 5.91 Å². The SMILES string of the molecule is Cc1ccccc1/C=C/C(=O)N1CCC[C@@H](c2nc3ccccc3s2)C1. The molecule has 3 nitrogen and oxygen atoms in total. The number of piperidine rings is 1. The number of rotatable bonds is 3. The first kappa shape index (κ1) is 17.0. The lowest BCUT2D eigenvalue weighted by Gasteiger charge is -2.31. The van der Waals surface area contributed by atoms with Gasteiger partial charge in [-0.15, -0.1) is 11.3 Å². The molecule has 0 radical (unpaired) electrons. The minimum Gasteiger partial charge on any atom is -0.338 e. The van der Waals surface area contributed by atoms with Crippen LogP contribution in [0, 0.1) is 6.92 Å². The highest BCUT2D eigenvalue weighted by Crippen LogP contribution is 2.33. The van der Waals surface area contributed by atoms with Crippen LogP contribution in [-0.2, 0) is 4.79 Å². The molecular formula is C22H22N2OS. The molecule has 1 amide bonds. The van der Waals surface area contributed by atoms with E-state index in [4.69, 9.17) is 4.98 Å². The molecule has 2 heterocycles. The number of hydrogen-bond donors (Lipinski definition) is 0. The molecule has 1 aliphatic heterocycles. The Hall–Kier alpha value is -2.46. The van der Waals surface area contributed by atoms with Gasteiger partial charge in [0.1, 0.15) is 0 Å². The number of para-hydroxylation sites is 1. The maximum absolute atomic E-state index is 12.7. The molecular weight excluding hydrogens is 340 g/mol. The monoisotopic (exact) mass is 362 g/mol. The molecule has 4 heteroatoms. The van der Waals surface area contributed by atoms with E-state index >= 15 is 0 Å². The third kappa shape index (κ3) is 3.56. The largest absolute Gasteiger partial charge is 0.338 e. The maximum atomic E-state index is 12.7. The molecule has 0 aliphatic carbocycles. The molecule has 4 rings (SSSR count). The van der Waals surface area contributed by atoms with Crippen LogP contribution in [0.4, 0.5) is 0 Å². The summed E-state index contributed by atoms with van der Waals surface area (Å²) in [4.78, 5) is 19.4. The lowest BCUT2D eigenvalue weighted by molar-refractivity contribution is -0.127. The van der Waals surface area contributed by atoms with Gasteiger partial charge in [0.15, 0.2) is 0 Å². The number of fused-ring (bicyclic) bond motifs is 1. The summed E-state index contributed by atoms with van der Waals surface area (Å²) < 4.78 is 1.23. The van der Waals surface area contributed by atoms with Gasteiger partial charge >= 0.3 is 0 Å². The first-order valence-corrected chi connectivity index (χ1v) is 9.90. The van der Waals surface area contributed by atoms with E-state index in [1.807, 2.05) is 35.2 Å². The Bertz CT molecular complexity index is 926. The zero-order valence-electron chi connectivity index (χ0n) is 14.9. The number of aryl methyl sites for hydroxylation is 1. The molecule has 1 saturated heterocycles. The normalized spacial score (nSPS) is 17.9. The number of benzene rings is 2. The maximum Gasteiger partial charge on any atom is 0.246 e. The first-order chi connectivity index (χ1) is 12.7. The second-order valence-corrected chi connectivity index (χ2v) is 7.90. The van der Waals surface area contributed by atoms with Gasteiger partial charge in [-0.3, -0.25) is 4.79 Å². The van der Waals surface area contributed by atoms with Crippen LogP contribution in [0.25, 0.3) is 16.3 Å². The fourth-order valence-corrected chi connectivity index (χ4v) is 4.58. The number of thiazole rings is 1. The van der Waals surface area contributed by atoms with E-state index in [0.717, 1.165) is 42.0 Å². The van der Waals surface area contributed by atoms with Crippen molar-refractivity contribution in [2.45, 2.75) is 25.7 Å². The topological polar surface area (TPSA) is 33.2 Å². The molecule has 0 spiro atoms. The van der Waals surface area contributed by atoms with Crippen LogP contribution in [-0.4, -0.2) is 28.9 Å². The van der Waals surface area contributed by atoms with Gasteiger partial charge in [0.05, 0.1) is 15.2 Å². The van der Waals surface area contributed by atoms with Crippen LogP contribution in [0.2, 0.25) is 0 Å². The van der Waals surface area contributed by atoms with E-state index in [2.05, 4.69) is 31.2 Å². The number of nitrogens with zero attached hydrogens (tertiary/aromatic N) is 2. The predicted molar refractivity (Wildman–Crippen MR) is 108 cm³/mol. The molecule has 0 bridgehead atoms. The fraction of sp³-hybridized carbons (Fsp3) is 0.273. The van der Waals surface area contributed by atoms with Gasteiger partial charge in [0.2, 0.25) is 5.91 Å². The summed E-state index contributed by atoms with van der Waals surface area (Å²) in [5, 5.41) is 1.16. The number of carbonyl (C=O) groups is 1. The van der Waals surface area contributed by atoms with E-state index in [0.29, 0.717) is 5.92 Å². The van der Waals surface area contributed by atoms with E-state index in [1.54, 1.807) is 17.4 Å². The van der Waals surface area contributed by atoms with Gasteiger partial charge in [-0.25, -0.2) is 4.98 Å². The Kier molecular flexibility index (Phi) is 4.85. The molecule has 1 aromatic heterocycles. The van der Waals surface area contributed by atoms with Crippen molar-refractivity contribution in [1.82, 2.24) is 9.88 Å². The average Bonchev–Trinajstić information content (AvgIpc) is 3.11. The molecule has 3 aromatic rings. The molecule has 132 valence electrons. The Labute approximate surface area is 158 Å². The summed E-state index contributed by atoms with van der Waals surface area (Å²) in [6.07, 6.45) is 5.78. The van der Waals surface area contributed by atoms with Gasteiger partial charge in [-0.1, -0.05) is 36.4 Å². The summed E-state index contributed by atoms with van der Waals surface area (Å²) >= 11 is 1.76. The molecule has 1 aliphatic rings. The quantitative estimate of drug-likeness (QED) is 0.613. The lowest BCUT2D eigenvalue weighted by atomic mass is 9.98. The summed E-state index contributed by atoms with van der Waals surface area (Å²) in [5.74, 6) is 0.441. The highest BCUT2D eigenvalue weighted by atomic mass is 32.1. The van der Waals surface area contributed by atoms with Crippen LogP contribution in [0.1, 0.15) is 34.9 Å². The van der Waals surface area contributed by atoms with Crippen LogP contribution >= 0.6 is 11.3 Å². The molecule has 2 aromatic carbocycles. The minimum absolute atomic E-state index is 0.0964. The van der Waals surface area contributed by atoms with Crippen LogP contribution in [0.15, 0.2) is 54.6 Å². The lowest BCUT2D eigenvalue weighted by Crippen LogP contribution is -2.38. The van der Waals surface area contributed by atoms with E-state index < -0.39 is 0 Å². The third-order valence-corrected chi connectivity index (χ3v) is 6.19. The van der Waals surface area contributed by atoms with Gasteiger partial charge in [-0.05, 0) is 49.1 Å². The Morgan fingerprint density at radius 2 is 2.00 bits per heavy atom. The summed E-state index contributed by atoms with van der Waals surface area (Å²) in [5.41, 5.74) is 3.35. The van der Waals surface area contributed by atoms with E-state index in [1.165, 1.54) is 10.3 Å². The van der Waals surface area contributed by atoms with Crippen molar-refractivity contribution in [1.29, 1.82) is 0 Å². The van der Waals surface area contributed by atoms with Crippen LogP contribution in [0.5, 0.6) is 0 Å². The van der Waals surface area contributed by atoms with Crippen molar-refractivity contribution in [3.8, 4) is 0 Å². The predicted octanol–water partition coefficient (Wildman–Crippen LogP) is 5.02. The van der Waals surface area contributed by atoms with Crippen molar-refractivity contribution in [2.75, 3.05) is 13.1 Å². The van der Waals surface area contributed by atoms with Crippen molar-refractivity contribution in [3.63, 3.8) is 0 Å². The Morgan fingerprint density at radius 3 is 2.85 bits per heavy atom. The smallest absolute Gasteiger partial charge is 0.246 e. The molecule has 26 heavy (non-hydrogen) atoms. The summed E-state index contributed by atoms with van der Waals surface area (Å²) in [7, 11) is 0. The van der Waals surface area contributed by atoms with Gasteiger partial charge in [-0.2, -0.15) is 0 Å². The number of amides is 1. The van der Waals surface area contributed by atoms with Gasteiger partial charge < -0.3 is 4.90 Å². The van der Waals surface area contributed by atoms with E-state index in [9.17, 15) is 4.79 Å². The van der Waals surface area contributed by atoms with Gasteiger partial charge in [0, 0.05) is 25.1 Å². The molecule has 0 saturated carbocycles. The Morgan fingerprint density at radius 1 is 1.19 bits per heavy atom. The molecule has 1 fully saturated rings.